The van der Waals surface area contributed by atoms with Crippen LogP contribution in [0.5, 0.6) is 0 Å². The van der Waals surface area contributed by atoms with Crippen LogP contribution < -0.4 is 5.43 Å². The van der Waals surface area contributed by atoms with Crippen molar-refractivity contribution < 1.29 is 14.0 Å². The van der Waals surface area contributed by atoms with Crippen molar-refractivity contribution in [2.75, 3.05) is 6.54 Å². The summed E-state index contributed by atoms with van der Waals surface area (Å²) in [5.41, 5.74) is 3.64. The Hall–Kier alpha value is -2.11. The topological polar surface area (TPSA) is 74.9 Å². The minimum atomic E-state index is -0.225. The number of hydrogen-bond donors (Lipinski definition) is 1. The summed E-state index contributed by atoms with van der Waals surface area (Å²) in [6, 6.07) is 1.89. The Bertz CT molecular complexity index is 532. The highest BCUT2D eigenvalue weighted by molar-refractivity contribution is 6.43. The smallest absolute Gasteiger partial charge is 0.270 e. The molecule has 3 heterocycles. The Morgan fingerprint density at radius 1 is 1.50 bits per heavy atom. The number of fused-ring (bicyclic) bond motifs is 1. The molecular formula is C12H13N3O3. The minimum Gasteiger partial charge on any atom is -0.469 e. The summed E-state index contributed by atoms with van der Waals surface area (Å²) < 4.78 is 5.37. The molecule has 0 saturated carbocycles. The van der Waals surface area contributed by atoms with E-state index in [1.165, 1.54) is 0 Å². The molecule has 0 aliphatic carbocycles. The van der Waals surface area contributed by atoms with Gasteiger partial charge in [-0.15, -0.1) is 0 Å². The van der Waals surface area contributed by atoms with Gasteiger partial charge in [-0.25, -0.2) is 5.43 Å². The molecule has 0 radical (unpaired) electrons. The van der Waals surface area contributed by atoms with Crippen molar-refractivity contribution >= 4 is 17.5 Å². The van der Waals surface area contributed by atoms with E-state index < -0.39 is 0 Å². The Morgan fingerprint density at radius 2 is 2.39 bits per heavy atom. The molecule has 0 aromatic carbocycles. The molecule has 0 unspecified atom stereocenters. The summed E-state index contributed by atoms with van der Waals surface area (Å²) >= 11 is 0. The lowest BCUT2D eigenvalue weighted by atomic mass is 10.2. The second-order valence-electron chi connectivity index (χ2n) is 4.47. The van der Waals surface area contributed by atoms with Crippen LogP contribution in [0, 0.1) is 0 Å². The third-order valence-corrected chi connectivity index (χ3v) is 3.21. The van der Waals surface area contributed by atoms with Crippen LogP contribution in [-0.2, 0) is 22.6 Å². The van der Waals surface area contributed by atoms with Crippen molar-refractivity contribution in [2.45, 2.75) is 25.8 Å². The molecule has 18 heavy (non-hydrogen) atoms. The van der Waals surface area contributed by atoms with Gasteiger partial charge in [0, 0.05) is 25.1 Å². The molecule has 1 aromatic rings. The van der Waals surface area contributed by atoms with Crippen LogP contribution in [0.15, 0.2) is 21.8 Å². The first kappa shape index (κ1) is 11.0. The van der Waals surface area contributed by atoms with Crippen LogP contribution in [-0.4, -0.2) is 29.0 Å². The predicted octanol–water partition coefficient (Wildman–Crippen LogP) is 0.430. The fraction of sp³-hybridized carbons (Fsp3) is 0.417. The summed E-state index contributed by atoms with van der Waals surface area (Å²) in [4.78, 5) is 25.0. The van der Waals surface area contributed by atoms with E-state index in [-0.39, 0.29) is 18.2 Å². The second-order valence-corrected chi connectivity index (χ2v) is 4.47. The van der Waals surface area contributed by atoms with Crippen LogP contribution in [0.1, 0.15) is 24.2 Å². The number of nitrogens with zero attached hydrogens (tertiary/aromatic N) is 2. The van der Waals surface area contributed by atoms with Crippen molar-refractivity contribution in [3.63, 3.8) is 0 Å². The maximum Gasteiger partial charge on any atom is 0.270 e. The zero-order valence-electron chi connectivity index (χ0n) is 9.81. The number of furan rings is 1. The fourth-order valence-corrected chi connectivity index (χ4v) is 2.28. The molecule has 0 bridgehead atoms. The lowest BCUT2D eigenvalue weighted by Crippen LogP contribution is -2.35. The molecule has 1 aromatic heterocycles. The van der Waals surface area contributed by atoms with Crippen molar-refractivity contribution in [2.24, 2.45) is 5.10 Å². The molecule has 6 heteroatoms. The summed E-state index contributed by atoms with van der Waals surface area (Å²) in [5, 5.41) is 3.77. The van der Waals surface area contributed by atoms with Gasteiger partial charge in [-0.05, 0) is 12.5 Å². The zero-order valence-corrected chi connectivity index (χ0v) is 9.81. The van der Waals surface area contributed by atoms with Gasteiger partial charge >= 0.3 is 0 Å². The van der Waals surface area contributed by atoms with Crippen LogP contribution in [0.4, 0.5) is 0 Å². The van der Waals surface area contributed by atoms with Crippen LogP contribution >= 0.6 is 0 Å². The van der Waals surface area contributed by atoms with Gasteiger partial charge in [0.15, 0.2) is 0 Å². The van der Waals surface area contributed by atoms with Gasteiger partial charge in [-0.2, -0.15) is 5.10 Å². The molecule has 1 N–H and O–H groups in total. The highest BCUT2D eigenvalue weighted by Crippen LogP contribution is 2.20. The van der Waals surface area contributed by atoms with E-state index in [9.17, 15) is 9.59 Å². The Labute approximate surface area is 104 Å². The molecule has 0 atom stereocenters. The lowest BCUT2D eigenvalue weighted by molar-refractivity contribution is -0.125. The molecule has 94 valence electrons. The maximum atomic E-state index is 12.2. The number of hydrazone groups is 1. The molecule has 0 spiro atoms. The van der Waals surface area contributed by atoms with E-state index in [1.54, 1.807) is 11.2 Å². The molecule has 0 fully saturated rings. The van der Waals surface area contributed by atoms with Crippen LogP contribution in [0.3, 0.4) is 0 Å². The highest BCUT2D eigenvalue weighted by Gasteiger charge is 2.28. The van der Waals surface area contributed by atoms with Gasteiger partial charge in [0.25, 0.3) is 5.91 Å². The van der Waals surface area contributed by atoms with Gasteiger partial charge in [-0.3, -0.25) is 9.59 Å². The quantitative estimate of drug-likeness (QED) is 0.782. The Kier molecular flexibility index (Phi) is 2.62. The number of carbonyl (C=O) groups is 2. The van der Waals surface area contributed by atoms with E-state index in [0.29, 0.717) is 18.8 Å². The van der Waals surface area contributed by atoms with Crippen LogP contribution in [0.2, 0.25) is 0 Å². The summed E-state index contributed by atoms with van der Waals surface area (Å²) in [5.74, 6) is 0.562. The van der Waals surface area contributed by atoms with E-state index in [2.05, 4.69) is 10.5 Å². The van der Waals surface area contributed by atoms with Crippen LogP contribution in [0.25, 0.3) is 0 Å². The average molecular weight is 247 g/mol. The van der Waals surface area contributed by atoms with Gasteiger partial charge in [0.1, 0.15) is 11.5 Å². The van der Waals surface area contributed by atoms with E-state index >= 15 is 0 Å². The van der Waals surface area contributed by atoms with Crippen molar-refractivity contribution in [1.29, 1.82) is 0 Å². The van der Waals surface area contributed by atoms with E-state index in [4.69, 9.17) is 4.42 Å². The molecular weight excluding hydrogens is 234 g/mol. The fourth-order valence-electron chi connectivity index (χ4n) is 2.28. The number of aryl methyl sites for hydroxylation is 1. The maximum absolute atomic E-state index is 12.2. The zero-order chi connectivity index (χ0) is 12.5. The van der Waals surface area contributed by atoms with E-state index in [0.717, 1.165) is 24.2 Å². The minimum absolute atomic E-state index is 0.0770. The lowest BCUT2D eigenvalue weighted by Gasteiger charge is -2.19. The first-order valence-corrected chi connectivity index (χ1v) is 5.94. The number of amides is 2. The van der Waals surface area contributed by atoms with Gasteiger partial charge in [0.2, 0.25) is 5.91 Å². The molecule has 2 aliphatic heterocycles. The number of hydrogen-bond acceptors (Lipinski definition) is 4. The standard InChI is InChI=1S/C12H13N3O3/c16-11-6-9(13-14-11)12(17)15-4-1-2-10-8(7-15)3-5-18-10/h3,5H,1-2,4,6-7H2,(H,14,16). The predicted molar refractivity (Wildman–Crippen MR) is 62.6 cm³/mol. The number of rotatable bonds is 1. The normalized spacial score (nSPS) is 19.0. The molecule has 2 amide bonds. The van der Waals surface area contributed by atoms with Crippen molar-refractivity contribution in [3.8, 4) is 0 Å². The number of carbonyl (C=O) groups excluding carboxylic acids is 2. The second kappa shape index (κ2) is 4.29. The third kappa shape index (κ3) is 1.90. The molecule has 3 rings (SSSR count). The van der Waals surface area contributed by atoms with Gasteiger partial charge in [-0.1, -0.05) is 0 Å². The van der Waals surface area contributed by atoms with Crippen molar-refractivity contribution in [1.82, 2.24) is 10.3 Å². The summed E-state index contributed by atoms with van der Waals surface area (Å²) in [6.45, 7) is 1.19. The molecule has 6 nitrogen and oxygen atoms in total. The van der Waals surface area contributed by atoms with Gasteiger partial charge < -0.3 is 9.32 Å². The highest BCUT2D eigenvalue weighted by atomic mass is 16.3. The van der Waals surface area contributed by atoms with Gasteiger partial charge in [0.05, 0.1) is 12.7 Å². The SMILES string of the molecule is O=C1CC(C(=O)N2CCCc3occc3C2)=NN1. The first-order chi connectivity index (χ1) is 8.74. The Balaban J connectivity index is 1.77. The summed E-state index contributed by atoms with van der Waals surface area (Å²) in [7, 11) is 0. The Morgan fingerprint density at radius 3 is 3.17 bits per heavy atom. The third-order valence-electron chi connectivity index (χ3n) is 3.21. The first-order valence-electron chi connectivity index (χ1n) is 5.94. The largest absolute Gasteiger partial charge is 0.469 e. The van der Waals surface area contributed by atoms with Crippen molar-refractivity contribution in [3.05, 3.63) is 23.7 Å². The monoisotopic (exact) mass is 247 g/mol. The number of nitrogens with one attached hydrogen (secondary N) is 1. The average Bonchev–Trinajstić information content (AvgIpc) is 2.93. The molecule has 0 saturated heterocycles. The van der Waals surface area contributed by atoms with E-state index in [1.807, 2.05) is 6.07 Å². The summed E-state index contributed by atoms with van der Waals surface area (Å²) in [6.07, 6.45) is 3.43. The molecule has 2 aliphatic rings.